The highest BCUT2D eigenvalue weighted by Gasteiger charge is 2.10. The Morgan fingerprint density at radius 3 is 2.70 bits per heavy atom. The van der Waals surface area contributed by atoms with Gasteiger partial charge in [0, 0.05) is 25.0 Å². The molecule has 0 unspecified atom stereocenters. The normalized spacial score (nSPS) is 15.0. The summed E-state index contributed by atoms with van der Waals surface area (Å²) in [7, 11) is 0. The highest BCUT2D eigenvalue weighted by Crippen LogP contribution is 2.21. The molecule has 1 fully saturated rings. The van der Waals surface area contributed by atoms with E-state index in [4.69, 9.17) is 4.74 Å². The lowest BCUT2D eigenvalue weighted by Crippen LogP contribution is -2.37. The monoisotopic (exact) mass is 408 g/mol. The summed E-state index contributed by atoms with van der Waals surface area (Å²) in [6.07, 6.45) is 2.62. The number of hydrogen-bond donors (Lipinski definition) is 2. The van der Waals surface area contributed by atoms with E-state index in [1.807, 2.05) is 24.3 Å². The highest BCUT2D eigenvalue weighted by atomic mass is 19.1. The third-order valence-electron chi connectivity index (χ3n) is 4.90. The van der Waals surface area contributed by atoms with Gasteiger partial charge in [-0.3, -0.25) is 4.90 Å². The molecule has 0 saturated carbocycles. The molecule has 0 spiro atoms. The fraction of sp³-hybridized carbons (Fsp3) is 0.318. The summed E-state index contributed by atoms with van der Waals surface area (Å²) in [6.45, 7) is 5.48. The van der Waals surface area contributed by atoms with Gasteiger partial charge >= 0.3 is 0 Å². The summed E-state index contributed by atoms with van der Waals surface area (Å²) in [6, 6.07) is 14.0. The molecule has 0 radical (unpaired) electrons. The van der Waals surface area contributed by atoms with Gasteiger partial charge in [-0.25, -0.2) is 14.8 Å². The van der Waals surface area contributed by atoms with Gasteiger partial charge < -0.3 is 10.1 Å². The van der Waals surface area contributed by atoms with Crippen molar-refractivity contribution in [3.8, 4) is 0 Å². The minimum absolute atomic E-state index is 0.276. The van der Waals surface area contributed by atoms with Gasteiger partial charge in [0.1, 0.15) is 11.6 Å². The van der Waals surface area contributed by atoms with Crippen LogP contribution in [0.5, 0.6) is 0 Å². The predicted molar refractivity (Wildman–Crippen MR) is 118 cm³/mol. The molecule has 1 aliphatic heterocycles. The highest BCUT2D eigenvalue weighted by molar-refractivity contribution is 5.90. The van der Waals surface area contributed by atoms with Gasteiger partial charge in [-0.05, 0) is 42.8 Å². The Labute approximate surface area is 175 Å². The topological polar surface area (TPSA) is 74.7 Å². The zero-order chi connectivity index (χ0) is 20.6. The van der Waals surface area contributed by atoms with E-state index >= 15 is 0 Å². The van der Waals surface area contributed by atoms with Crippen LogP contribution in [0.2, 0.25) is 0 Å². The van der Waals surface area contributed by atoms with Crippen molar-refractivity contribution in [3.05, 3.63) is 59.9 Å². The fourth-order valence-electron chi connectivity index (χ4n) is 3.31. The predicted octanol–water partition coefficient (Wildman–Crippen LogP) is 3.35. The molecule has 7 nitrogen and oxygen atoms in total. The van der Waals surface area contributed by atoms with Crippen molar-refractivity contribution in [3.63, 3.8) is 0 Å². The van der Waals surface area contributed by atoms with Crippen molar-refractivity contribution >= 4 is 28.9 Å². The van der Waals surface area contributed by atoms with Gasteiger partial charge in [0.2, 0.25) is 5.95 Å². The number of aromatic nitrogens is 2. The van der Waals surface area contributed by atoms with E-state index in [9.17, 15) is 4.39 Å². The maximum Gasteiger partial charge on any atom is 0.246 e. The Morgan fingerprint density at radius 1 is 1.07 bits per heavy atom. The molecule has 30 heavy (non-hydrogen) atoms. The molecule has 2 N–H and O–H groups in total. The van der Waals surface area contributed by atoms with Crippen molar-refractivity contribution in [2.75, 3.05) is 50.1 Å². The van der Waals surface area contributed by atoms with Crippen molar-refractivity contribution in [1.82, 2.24) is 14.9 Å². The number of hydrogen-bond acceptors (Lipinski definition) is 7. The van der Waals surface area contributed by atoms with Gasteiger partial charge in [-0.1, -0.05) is 24.3 Å². The maximum atomic E-state index is 13.0. The van der Waals surface area contributed by atoms with Crippen LogP contribution in [0.15, 0.2) is 53.6 Å². The lowest BCUT2D eigenvalue weighted by molar-refractivity contribution is 0.0378. The Morgan fingerprint density at radius 2 is 1.87 bits per heavy atom. The zero-order valence-corrected chi connectivity index (χ0v) is 16.7. The molecule has 4 rings (SSSR count). The molecule has 1 aliphatic rings. The number of hydrazone groups is 1. The van der Waals surface area contributed by atoms with Gasteiger partial charge in [0.25, 0.3) is 0 Å². The first-order valence-corrected chi connectivity index (χ1v) is 10.1. The number of halogens is 1. The maximum absolute atomic E-state index is 13.0. The Bertz CT molecular complexity index is 989. The summed E-state index contributed by atoms with van der Waals surface area (Å²) in [5, 5.41) is 8.59. The molecule has 2 aromatic carbocycles. The first-order chi connectivity index (χ1) is 14.8. The number of benzene rings is 2. The van der Waals surface area contributed by atoms with E-state index in [0.29, 0.717) is 5.95 Å². The largest absolute Gasteiger partial charge is 0.379 e. The number of ether oxygens (including phenoxy) is 1. The van der Waals surface area contributed by atoms with E-state index in [1.54, 1.807) is 18.3 Å². The Balaban J connectivity index is 1.40. The van der Waals surface area contributed by atoms with E-state index in [0.717, 1.165) is 68.1 Å². The van der Waals surface area contributed by atoms with Crippen LogP contribution in [-0.2, 0) is 4.74 Å². The van der Waals surface area contributed by atoms with Crippen molar-refractivity contribution in [1.29, 1.82) is 0 Å². The number of para-hydroxylation sites is 1. The molecule has 1 aromatic heterocycles. The summed E-state index contributed by atoms with van der Waals surface area (Å²) in [4.78, 5) is 11.5. The lowest BCUT2D eigenvalue weighted by atomic mass is 10.2. The average Bonchev–Trinajstić information content (AvgIpc) is 2.79. The van der Waals surface area contributed by atoms with Crippen molar-refractivity contribution in [2.45, 2.75) is 6.42 Å². The summed E-state index contributed by atoms with van der Waals surface area (Å²) in [5.74, 6) is 0.909. The lowest BCUT2D eigenvalue weighted by Gasteiger charge is -2.26. The van der Waals surface area contributed by atoms with Crippen LogP contribution in [0.1, 0.15) is 12.0 Å². The van der Waals surface area contributed by atoms with Gasteiger partial charge in [-0.2, -0.15) is 10.1 Å². The number of fused-ring (bicyclic) bond motifs is 1. The molecule has 3 aromatic rings. The van der Waals surface area contributed by atoms with Crippen LogP contribution in [0.4, 0.5) is 16.2 Å². The van der Waals surface area contributed by atoms with E-state index in [1.165, 1.54) is 12.1 Å². The summed E-state index contributed by atoms with van der Waals surface area (Å²) in [5.41, 5.74) is 4.49. The van der Waals surface area contributed by atoms with Crippen LogP contribution in [-0.4, -0.2) is 60.5 Å². The van der Waals surface area contributed by atoms with E-state index in [2.05, 4.69) is 30.7 Å². The molecule has 0 aliphatic carbocycles. The van der Waals surface area contributed by atoms with Gasteiger partial charge in [-0.15, -0.1) is 0 Å². The second-order valence-electron chi connectivity index (χ2n) is 7.07. The first-order valence-electron chi connectivity index (χ1n) is 10.1. The second-order valence-corrected chi connectivity index (χ2v) is 7.07. The van der Waals surface area contributed by atoms with Crippen LogP contribution in [0.3, 0.4) is 0 Å². The van der Waals surface area contributed by atoms with Gasteiger partial charge in [0.15, 0.2) is 0 Å². The first kappa shape index (κ1) is 20.2. The molecular formula is C22H25FN6O. The Kier molecular flexibility index (Phi) is 6.79. The number of anilines is 2. The number of nitrogens with zero attached hydrogens (tertiary/aromatic N) is 4. The zero-order valence-electron chi connectivity index (χ0n) is 16.7. The minimum Gasteiger partial charge on any atom is -0.379 e. The summed E-state index contributed by atoms with van der Waals surface area (Å²) < 4.78 is 18.4. The molecule has 2 heterocycles. The second kappa shape index (κ2) is 10.1. The van der Waals surface area contributed by atoms with E-state index < -0.39 is 0 Å². The number of morpholine rings is 1. The smallest absolute Gasteiger partial charge is 0.246 e. The Hall–Kier alpha value is -3.10. The molecule has 8 heteroatoms. The molecule has 156 valence electrons. The van der Waals surface area contributed by atoms with Crippen molar-refractivity contribution in [2.24, 2.45) is 5.10 Å². The van der Waals surface area contributed by atoms with Crippen LogP contribution >= 0.6 is 0 Å². The van der Waals surface area contributed by atoms with Crippen molar-refractivity contribution < 1.29 is 9.13 Å². The number of rotatable bonds is 8. The molecular weight excluding hydrogens is 383 g/mol. The van der Waals surface area contributed by atoms with Crippen LogP contribution in [0.25, 0.3) is 10.9 Å². The summed E-state index contributed by atoms with van der Waals surface area (Å²) >= 11 is 0. The van der Waals surface area contributed by atoms with E-state index in [-0.39, 0.29) is 5.82 Å². The van der Waals surface area contributed by atoms with Crippen LogP contribution < -0.4 is 10.7 Å². The third-order valence-corrected chi connectivity index (χ3v) is 4.90. The van der Waals surface area contributed by atoms with Gasteiger partial charge in [0.05, 0.1) is 24.9 Å². The SMILES string of the molecule is Fc1ccc(/C=N/Nc2nc(NCCCN3CCOCC3)c3ccccc3n2)cc1. The molecule has 0 atom stereocenters. The molecule has 0 bridgehead atoms. The third kappa shape index (κ3) is 5.49. The average molecular weight is 408 g/mol. The quantitative estimate of drug-likeness (QED) is 0.338. The van der Waals surface area contributed by atoms with Crippen LogP contribution in [0, 0.1) is 5.82 Å². The minimum atomic E-state index is -0.276. The molecule has 1 saturated heterocycles. The molecule has 0 amide bonds. The fourth-order valence-corrected chi connectivity index (χ4v) is 3.31. The standard InChI is InChI=1S/C22H25FN6O/c23-18-8-6-17(7-9-18)16-25-28-22-26-20-5-2-1-4-19(20)21(27-22)24-10-3-11-29-12-14-30-15-13-29/h1-2,4-9,16H,3,10-15H2,(H2,24,26,27,28)/b25-16+. The number of nitrogens with one attached hydrogen (secondary N) is 2.